The van der Waals surface area contributed by atoms with Crippen molar-refractivity contribution in [2.24, 2.45) is 0 Å². The molecule has 1 aliphatic carbocycles. The van der Waals surface area contributed by atoms with Gasteiger partial charge in [0.25, 0.3) is 0 Å². The van der Waals surface area contributed by atoms with E-state index in [0.29, 0.717) is 18.0 Å². The first-order valence-corrected chi connectivity index (χ1v) is 7.77. The zero-order chi connectivity index (χ0) is 15.6. The van der Waals surface area contributed by atoms with E-state index in [-0.39, 0.29) is 17.1 Å². The van der Waals surface area contributed by atoms with Gasteiger partial charge in [0.15, 0.2) is 0 Å². The lowest BCUT2D eigenvalue weighted by atomic mass is 9.95. The number of rotatable bonds is 5. The van der Waals surface area contributed by atoms with E-state index in [2.05, 4.69) is 5.32 Å². The lowest BCUT2D eigenvalue weighted by molar-refractivity contribution is -0.123. The summed E-state index contributed by atoms with van der Waals surface area (Å²) in [6.45, 7) is 0.555. The van der Waals surface area contributed by atoms with Crippen LogP contribution in [-0.2, 0) is 16.6 Å². The molecule has 114 valence electrons. The third kappa shape index (κ3) is 3.14. The Hall–Kier alpha value is -1.87. The van der Waals surface area contributed by atoms with Gasteiger partial charge in [-0.1, -0.05) is 35.9 Å². The van der Waals surface area contributed by atoms with Gasteiger partial charge in [0.1, 0.15) is 5.82 Å². The Bertz CT molecular complexity index is 662. The van der Waals surface area contributed by atoms with Gasteiger partial charge in [0, 0.05) is 11.6 Å². The highest BCUT2D eigenvalue weighted by atomic mass is 35.5. The number of benzene rings is 2. The van der Waals surface area contributed by atoms with Gasteiger partial charge < -0.3 is 5.32 Å². The number of hydrogen-bond acceptors (Lipinski definition) is 1. The topological polar surface area (TPSA) is 29.1 Å². The first kappa shape index (κ1) is 15.0. The van der Waals surface area contributed by atoms with Crippen LogP contribution in [0.15, 0.2) is 48.5 Å². The van der Waals surface area contributed by atoms with E-state index in [1.807, 2.05) is 24.3 Å². The van der Waals surface area contributed by atoms with Crippen LogP contribution in [0.3, 0.4) is 0 Å². The Labute approximate surface area is 134 Å². The van der Waals surface area contributed by atoms with Gasteiger partial charge in [-0.05, 0) is 54.7 Å². The van der Waals surface area contributed by atoms with Crippen LogP contribution < -0.4 is 5.32 Å². The SMILES string of the molecule is O=C(NCCc1ccc(F)cc1)C1(c2ccc(Cl)cc2)CC1. The number of nitrogens with one attached hydrogen (secondary N) is 1. The summed E-state index contributed by atoms with van der Waals surface area (Å²) in [6.07, 6.45) is 2.44. The maximum Gasteiger partial charge on any atom is 0.230 e. The lowest BCUT2D eigenvalue weighted by Gasteiger charge is -2.16. The van der Waals surface area contributed by atoms with Crippen molar-refractivity contribution in [3.8, 4) is 0 Å². The van der Waals surface area contributed by atoms with Crippen LogP contribution in [0.2, 0.25) is 5.02 Å². The molecule has 0 aromatic heterocycles. The first-order chi connectivity index (χ1) is 10.6. The molecule has 2 aromatic carbocycles. The molecule has 1 fully saturated rings. The van der Waals surface area contributed by atoms with E-state index in [1.165, 1.54) is 12.1 Å². The third-order valence-electron chi connectivity index (χ3n) is 4.19. The monoisotopic (exact) mass is 317 g/mol. The van der Waals surface area contributed by atoms with Gasteiger partial charge in [-0.2, -0.15) is 0 Å². The van der Waals surface area contributed by atoms with Gasteiger partial charge >= 0.3 is 0 Å². The fraction of sp³-hybridized carbons (Fsp3) is 0.278. The zero-order valence-corrected chi connectivity index (χ0v) is 12.9. The van der Waals surface area contributed by atoms with Crippen LogP contribution in [0.4, 0.5) is 4.39 Å². The summed E-state index contributed by atoms with van der Waals surface area (Å²) < 4.78 is 12.8. The highest BCUT2D eigenvalue weighted by Gasteiger charge is 2.50. The third-order valence-corrected chi connectivity index (χ3v) is 4.45. The summed E-state index contributed by atoms with van der Waals surface area (Å²) in [5, 5.41) is 3.67. The number of carbonyl (C=O) groups excluding carboxylic acids is 1. The molecule has 4 heteroatoms. The largest absolute Gasteiger partial charge is 0.355 e. The quantitative estimate of drug-likeness (QED) is 0.891. The van der Waals surface area contributed by atoms with Crippen LogP contribution in [0.25, 0.3) is 0 Å². The Balaban J connectivity index is 1.57. The minimum absolute atomic E-state index is 0.0666. The van der Waals surface area contributed by atoms with E-state index in [4.69, 9.17) is 11.6 Å². The molecule has 1 N–H and O–H groups in total. The van der Waals surface area contributed by atoms with Gasteiger partial charge in [-0.25, -0.2) is 4.39 Å². The molecule has 2 aromatic rings. The molecule has 0 heterocycles. The second kappa shape index (κ2) is 6.09. The molecule has 1 saturated carbocycles. The summed E-state index contributed by atoms with van der Waals surface area (Å²) in [6, 6.07) is 13.9. The molecular formula is C18H17ClFNO. The van der Waals surface area contributed by atoms with Crippen molar-refractivity contribution in [2.45, 2.75) is 24.7 Å². The van der Waals surface area contributed by atoms with Crippen LogP contribution in [0, 0.1) is 5.82 Å². The molecule has 3 rings (SSSR count). The molecule has 0 aliphatic heterocycles. The summed E-state index contributed by atoms with van der Waals surface area (Å²) in [7, 11) is 0. The first-order valence-electron chi connectivity index (χ1n) is 7.39. The number of halogens is 2. The molecule has 1 amide bonds. The molecule has 0 spiro atoms. The summed E-state index contributed by atoms with van der Waals surface area (Å²) >= 11 is 5.90. The van der Waals surface area contributed by atoms with E-state index in [1.54, 1.807) is 12.1 Å². The fourth-order valence-corrected chi connectivity index (χ4v) is 2.81. The average molecular weight is 318 g/mol. The molecule has 0 bridgehead atoms. The fourth-order valence-electron chi connectivity index (χ4n) is 2.68. The summed E-state index contributed by atoms with van der Waals surface area (Å²) in [4.78, 5) is 12.5. The highest BCUT2D eigenvalue weighted by Crippen LogP contribution is 2.48. The van der Waals surface area contributed by atoms with Gasteiger partial charge in [-0.3, -0.25) is 4.79 Å². The standard InChI is InChI=1S/C18H17ClFNO/c19-15-5-3-14(4-6-15)18(10-11-18)17(22)21-12-9-13-1-7-16(20)8-2-13/h1-8H,9-12H2,(H,21,22). The highest BCUT2D eigenvalue weighted by molar-refractivity contribution is 6.30. The lowest BCUT2D eigenvalue weighted by Crippen LogP contribution is -2.35. The summed E-state index contributed by atoms with van der Waals surface area (Å²) in [5.74, 6) is -0.176. The summed E-state index contributed by atoms with van der Waals surface area (Å²) in [5.41, 5.74) is 1.65. The van der Waals surface area contributed by atoms with Gasteiger partial charge in [0.05, 0.1) is 5.41 Å². The average Bonchev–Trinajstić information content (AvgIpc) is 3.32. The maximum absolute atomic E-state index is 12.8. The molecule has 22 heavy (non-hydrogen) atoms. The molecule has 0 unspecified atom stereocenters. The Morgan fingerprint density at radius 2 is 1.73 bits per heavy atom. The molecule has 1 aliphatic rings. The van der Waals surface area contributed by atoms with E-state index in [9.17, 15) is 9.18 Å². The van der Waals surface area contributed by atoms with Crippen LogP contribution >= 0.6 is 11.6 Å². The predicted molar refractivity (Wildman–Crippen MR) is 85.5 cm³/mol. The predicted octanol–water partition coefficient (Wildman–Crippen LogP) is 3.87. The van der Waals surface area contributed by atoms with Crippen LogP contribution in [0.1, 0.15) is 24.0 Å². The minimum Gasteiger partial charge on any atom is -0.355 e. The van der Waals surface area contributed by atoms with Crippen molar-refractivity contribution < 1.29 is 9.18 Å². The second-order valence-corrected chi connectivity index (χ2v) is 6.16. The van der Waals surface area contributed by atoms with E-state index >= 15 is 0 Å². The van der Waals surface area contributed by atoms with Crippen molar-refractivity contribution in [2.75, 3.05) is 6.54 Å². The smallest absolute Gasteiger partial charge is 0.230 e. The van der Waals surface area contributed by atoms with Gasteiger partial charge in [0.2, 0.25) is 5.91 Å². The van der Waals surface area contributed by atoms with Crippen molar-refractivity contribution >= 4 is 17.5 Å². The van der Waals surface area contributed by atoms with E-state index in [0.717, 1.165) is 24.0 Å². The Kier molecular flexibility index (Phi) is 4.16. The van der Waals surface area contributed by atoms with Crippen molar-refractivity contribution in [1.82, 2.24) is 5.32 Å². The second-order valence-electron chi connectivity index (χ2n) is 5.72. The zero-order valence-electron chi connectivity index (χ0n) is 12.1. The molecule has 0 saturated heterocycles. The molecule has 0 radical (unpaired) electrons. The van der Waals surface area contributed by atoms with Crippen LogP contribution in [0.5, 0.6) is 0 Å². The number of amides is 1. The maximum atomic E-state index is 12.8. The molecule has 0 atom stereocenters. The van der Waals surface area contributed by atoms with Crippen molar-refractivity contribution in [3.05, 3.63) is 70.5 Å². The normalized spacial score (nSPS) is 15.4. The van der Waals surface area contributed by atoms with Crippen molar-refractivity contribution in [3.63, 3.8) is 0 Å². The Morgan fingerprint density at radius 3 is 2.32 bits per heavy atom. The molecule has 2 nitrogen and oxygen atoms in total. The van der Waals surface area contributed by atoms with Crippen LogP contribution in [-0.4, -0.2) is 12.5 Å². The molecular weight excluding hydrogens is 301 g/mol. The van der Waals surface area contributed by atoms with Crippen molar-refractivity contribution in [1.29, 1.82) is 0 Å². The van der Waals surface area contributed by atoms with E-state index < -0.39 is 0 Å². The Morgan fingerprint density at radius 1 is 1.09 bits per heavy atom. The minimum atomic E-state index is -0.382. The number of hydrogen-bond donors (Lipinski definition) is 1. The van der Waals surface area contributed by atoms with Gasteiger partial charge in [-0.15, -0.1) is 0 Å². The number of carbonyl (C=O) groups is 1.